The zero-order valence-corrected chi connectivity index (χ0v) is 6.66. The number of rotatable bonds is 5. The van der Waals surface area contributed by atoms with Gasteiger partial charge in [-0.25, -0.2) is 0 Å². The van der Waals surface area contributed by atoms with Gasteiger partial charge in [0.15, 0.2) is 0 Å². The molecule has 3 N–H and O–H groups in total. The van der Waals surface area contributed by atoms with E-state index in [4.69, 9.17) is 10.8 Å². The van der Waals surface area contributed by atoms with Crippen molar-refractivity contribution >= 4 is 11.8 Å². The molecule has 1 unspecified atom stereocenters. The summed E-state index contributed by atoms with van der Waals surface area (Å²) in [5.41, 5.74) is 5.60. The topological polar surface area (TPSA) is 46.2 Å². The van der Waals surface area contributed by atoms with Crippen LogP contribution in [0.4, 0.5) is 0 Å². The van der Waals surface area contributed by atoms with Gasteiger partial charge in [-0.15, -0.1) is 11.8 Å². The molecule has 0 aliphatic heterocycles. The van der Waals surface area contributed by atoms with E-state index < -0.39 is 0 Å². The number of nitrogens with two attached hydrogens (primary N) is 1. The first kappa shape index (κ1) is 9.27. The van der Waals surface area contributed by atoms with E-state index >= 15 is 0 Å². The van der Waals surface area contributed by atoms with Crippen molar-refractivity contribution in [2.75, 3.05) is 12.9 Å². The summed E-state index contributed by atoms with van der Waals surface area (Å²) in [7, 11) is 0. The van der Waals surface area contributed by atoms with E-state index in [2.05, 4.69) is 0 Å². The van der Waals surface area contributed by atoms with Crippen LogP contribution in [0.1, 0.15) is 19.3 Å². The molecule has 0 spiro atoms. The van der Waals surface area contributed by atoms with Gasteiger partial charge in [0, 0.05) is 6.61 Å². The second kappa shape index (κ2) is 6.39. The van der Waals surface area contributed by atoms with Gasteiger partial charge < -0.3 is 10.8 Å². The fourth-order valence-electron chi connectivity index (χ4n) is 0.575. The van der Waals surface area contributed by atoms with Gasteiger partial charge in [-0.1, -0.05) is 0 Å². The molecule has 0 fully saturated rings. The van der Waals surface area contributed by atoms with Gasteiger partial charge in [-0.3, -0.25) is 0 Å². The third-order valence-corrected chi connectivity index (χ3v) is 2.04. The molecule has 56 valence electrons. The van der Waals surface area contributed by atoms with E-state index in [-0.39, 0.29) is 5.37 Å². The maximum absolute atomic E-state index is 8.40. The zero-order valence-electron chi connectivity index (χ0n) is 5.84. The molecule has 0 aromatic rings. The summed E-state index contributed by atoms with van der Waals surface area (Å²) in [5.74, 6) is 0. The van der Waals surface area contributed by atoms with Gasteiger partial charge >= 0.3 is 0 Å². The normalized spacial score (nSPS) is 13.7. The molecule has 0 bridgehead atoms. The molecule has 0 heterocycles. The largest absolute Gasteiger partial charge is 0.396 e. The van der Waals surface area contributed by atoms with E-state index in [0.29, 0.717) is 6.61 Å². The van der Waals surface area contributed by atoms with Gasteiger partial charge in [-0.05, 0) is 25.5 Å². The van der Waals surface area contributed by atoms with Gasteiger partial charge in [0.05, 0.1) is 5.37 Å². The lowest BCUT2D eigenvalue weighted by Crippen LogP contribution is -2.14. The van der Waals surface area contributed by atoms with E-state index in [1.807, 2.05) is 6.26 Å². The predicted octanol–water partition coefficient (Wildman–Crippen LogP) is 0.797. The summed E-state index contributed by atoms with van der Waals surface area (Å²) in [5, 5.41) is 8.66. The molecular weight excluding hydrogens is 134 g/mol. The van der Waals surface area contributed by atoms with Gasteiger partial charge in [0.1, 0.15) is 0 Å². The number of hydrogen-bond acceptors (Lipinski definition) is 3. The van der Waals surface area contributed by atoms with Crippen LogP contribution in [0.3, 0.4) is 0 Å². The first-order valence-corrected chi connectivity index (χ1v) is 4.49. The SMILES string of the molecule is CSC(N)CCCCO. The van der Waals surface area contributed by atoms with Crippen LogP contribution >= 0.6 is 11.8 Å². The lowest BCUT2D eigenvalue weighted by molar-refractivity contribution is 0.283. The molecule has 1 atom stereocenters. The van der Waals surface area contributed by atoms with Crippen molar-refractivity contribution in [3.63, 3.8) is 0 Å². The van der Waals surface area contributed by atoms with E-state index in [0.717, 1.165) is 19.3 Å². The molecule has 0 aromatic heterocycles. The van der Waals surface area contributed by atoms with Crippen molar-refractivity contribution in [1.82, 2.24) is 0 Å². The van der Waals surface area contributed by atoms with Crippen molar-refractivity contribution in [3.05, 3.63) is 0 Å². The summed E-state index contributed by atoms with van der Waals surface area (Å²) < 4.78 is 0. The lowest BCUT2D eigenvalue weighted by atomic mass is 10.2. The Hall–Kier alpha value is 0.270. The van der Waals surface area contributed by atoms with E-state index in [9.17, 15) is 0 Å². The summed E-state index contributed by atoms with van der Waals surface area (Å²) >= 11 is 1.67. The van der Waals surface area contributed by atoms with Crippen LogP contribution in [-0.4, -0.2) is 23.3 Å². The Balaban J connectivity index is 2.88. The molecule has 2 nitrogen and oxygen atoms in total. The molecule has 0 radical (unpaired) electrons. The summed E-state index contributed by atoms with van der Waals surface area (Å²) in [6.45, 7) is 0.293. The third-order valence-electron chi connectivity index (χ3n) is 1.20. The first-order valence-electron chi connectivity index (χ1n) is 3.20. The minimum atomic E-state index is 0.261. The quantitative estimate of drug-likeness (QED) is 0.449. The molecular formula is C6H15NOS. The number of unbranched alkanes of at least 4 members (excludes halogenated alkanes) is 1. The number of hydrogen-bond donors (Lipinski definition) is 2. The second-order valence-electron chi connectivity index (χ2n) is 1.99. The number of aliphatic hydroxyl groups excluding tert-OH is 1. The van der Waals surface area contributed by atoms with Crippen molar-refractivity contribution < 1.29 is 5.11 Å². The third kappa shape index (κ3) is 6.15. The van der Waals surface area contributed by atoms with Crippen molar-refractivity contribution in [3.8, 4) is 0 Å². The Kier molecular flexibility index (Phi) is 6.58. The summed E-state index contributed by atoms with van der Waals surface area (Å²) in [4.78, 5) is 0. The minimum absolute atomic E-state index is 0.261. The van der Waals surface area contributed by atoms with Gasteiger partial charge in [-0.2, -0.15) is 0 Å². The molecule has 9 heavy (non-hydrogen) atoms. The molecule has 3 heteroatoms. The Labute approximate surface area is 60.8 Å². The highest BCUT2D eigenvalue weighted by Crippen LogP contribution is 2.07. The molecule has 0 aliphatic rings. The highest BCUT2D eigenvalue weighted by molar-refractivity contribution is 7.99. The Morgan fingerprint density at radius 2 is 2.22 bits per heavy atom. The average Bonchev–Trinajstić information content (AvgIpc) is 1.89. The van der Waals surface area contributed by atoms with Crippen molar-refractivity contribution in [2.45, 2.75) is 24.6 Å². The second-order valence-corrected chi connectivity index (χ2v) is 3.07. The zero-order chi connectivity index (χ0) is 7.11. The Bertz CT molecular complexity index is 61.0. The van der Waals surface area contributed by atoms with Crippen LogP contribution in [0.25, 0.3) is 0 Å². The minimum Gasteiger partial charge on any atom is -0.396 e. The highest BCUT2D eigenvalue weighted by atomic mass is 32.2. The Morgan fingerprint density at radius 3 is 2.67 bits per heavy atom. The molecule has 0 rings (SSSR count). The Morgan fingerprint density at radius 1 is 1.56 bits per heavy atom. The fraction of sp³-hybridized carbons (Fsp3) is 1.00. The molecule has 0 saturated heterocycles. The summed E-state index contributed by atoms with van der Waals surface area (Å²) in [6, 6.07) is 0. The maximum Gasteiger partial charge on any atom is 0.0504 e. The van der Waals surface area contributed by atoms with Crippen LogP contribution in [0.5, 0.6) is 0 Å². The highest BCUT2D eigenvalue weighted by Gasteiger charge is 1.96. The monoisotopic (exact) mass is 149 g/mol. The average molecular weight is 149 g/mol. The standard InChI is InChI=1S/C6H15NOS/c1-9-6(7)4-2-3-5-8/h6,8H,2-5,7H2,1H3. The predicted molar refractivity (Wildman–Crippen MR) is 42.4 cm³/mol. The van der Waals surface area contributed by atoms with Crippen LogP contribution in [0.15, 0.2) is 0 Å². The van der Waals surface area contributed by atoms with Gasteiger partial charge in [0.2, 0.25) is 0 Å². The number of thioether (sulfide) groups is 1. The molecule has 0 aliphatic carbocycles. The lowest BCUT2D eigenvalue weighted by Gasteiger charge is -2.05. The molecule has 0 aromatic carbocycles. The van der Waals surface area contributed by atoms with Crippen LogP contribution in [0.2, 0.25) is 0 Å². The van der Waals surface area contributed by atoms with Crippen molar-refractivity contribution in [1.29, 1.82) is 0 Å². The number of aliphatic hydroxyl groups is 1. The smallest absolute Gasteiger partial charge is 0.0504 e. The maximum atomic E-state index is 8.40. The van der Waals surface area contributed by atoms with E-state index in [1.54, 1.807) is 11.8 Å². The molecule has 0 amide bonds. The van der Waals surface area contributed by atoms with Gasteiger partial charge in [0.25, 0.3) is 0 Å². The van der Waals surface area contributed by atoms with E-state index in [1.165, 1.54) is 0 Å². The first-order chi connectivity index (χ1) is 4.31. The summed E-state index contributed by atoms with van der Waals surface area (Å²) in [6.07, 6.45) is 4.94. The molecule has 0 saturated carbocycles. The fourth-order valence-corrected chi connectivity index (χ4v) is 0.978. The van der Waals surface area contributed by atoms with Crippen LogP contribution < -0.4 is 5.73 Å². The van der Waals surface area contributed by atoms with Crippen LogP contribution in [-0.2, 0) is 0 Å². The van der Waals surface area contributed by atoms with Crippen molar-refractivity contribution in [2.24, 2.45) is 5.73 Å². The van der Waals surface area contributed by atoms with Crippen LogP contribution in [0, 0.1) is 0 Å².